The highest BCUT2D eigenvalue weighted by molar-refractivity contribution is 7.98. The van der Waals surface area contributed by atoms with Crippen molar-refractivity contribution in [2.75, 3.05) is 38.3 Å². The number of carbonyl (C=O) groups is 1. The van der Waals surface area contributed by atoms with Crippen LogP contribution in [0.5, 0.6) is 0 Å². The summed E-state index contributed by atoms with van der Waals surface area (Å²) in [4.78, 5) is 23.1. The van der Waals surface area contributed by atoms with Gasteiger partial charge in [0.25, 0.3) is 5.91 Å². The standard InChI is InChI=1S/C20H23N3OS2/c1-14-7-5-8-15(13-14)19(24)23(12-11-22(2)3)20-21-18-16(25-4)9-6-10-17(18)26-20/h5-10,13H,11-12H2,1-4H3. The Morgan fingerprint density at radius 3 is 2.62 bits per heavy atom. The lowest BCUT2D eigenvalue weighted by Gasteiger charge is -2.22. The number of benzene rings is 2. The van der Waals surface area contributed by atoms with Gasteiger partial charge in [0.15, 0.2) is 5.13 Å². The summed E-state index contributed by atoms with van der Waals surface area (Å²) in [5.74, 6) is 0.000285. The van der Waals surface area contributed by atoms with Crippen LogP contribution in [0.25, 0.3) is 10.2 Å². The lowest BCUT2D eigenvalue weighted by molar-refractivity contribution is 0.0985. The van der Waals surface area contributed by atoms with E-state index in [-0.39, 0.29) is 5.91 Å². The molecule has 6 heteroatoms. The molecule has 1 aromatic heterocycles. The molecule has 136 valence electrons. The molecule has 0 saturated carbocycles. The van der Waals surface area contributed by atoms with Crippen LogP contribution in [0.4, 0.5) is 5.13 Å². The van der Waals surface area contributed by atoms with E-state index in [4.69, 9.17) is 4.98 Å². The Kier molecular flexibility index (Phi) is 5.96. The van der Waals surface area contributed by atoms with Crippen LogP contribution in [-0.2, 0) is 0 Å². The number of nitrogens with zero attached hydrogens (tertiary/aromatic N) is 3. The third kappa shape index (κ3) is 4.09. The van der Waals surface area contributed by atoms with Crippen LogP contribution in [0.15, 0.2) is 47.4 Å². The van der Waals surface area contributed by atoms with E-state index < -0.39 is 0 Å². The molecule has 0 bridgehead atoms. The van der Waals surface area contributed by atoms with Gasteiger partial charge in [-0.3, -0.25) is 9.69 Å². The second-order valence-corrected chi connectivity index (χ2v) is 8.29. The molecule has 3 aromatic rings. The number of para-hydroxylation sites is 1. The smallest absolute Gasteiger partial charge is 0.260 e. The van der Waals surface area contributed by atoms with Gasteiger partial charge in [-0.1, -0.05) is 35.1 Å². The van der Waals surface area contributed by atoms with Crippen LogP contribution < -0.4 is 4.90 Å². The first-order chi connectivity index (χ1) is 12.5. The molecule has 0 fully saturated rings. The van der Waals surface area contributed by atoms with Crippen molar-refractivity contribution in [1.29, 1.82) is 0 Å². The summed E-state index contributed by atoms with van der Waals surface area (Å²) in [6.07, 6.45) is 2.05. The van der Waals surface area contributed by atoms with Gasteiger partial charge in [0.1, 0.15) is 0 Å². The van der Waals surface area contributed by atoms with Crippen LogP contribution in [0.3, 0.4) is 0 Å². The Labute approximate surface area is 162 Å². The number of aromatic nitrogens is 1. The van der Waals surface area contributed by atoms with E-state index in [1.165, 1.54) is 0 Å². The van der Waals surface area contributed by atoms with Gasteiger partial charge in [0.2, 0.25) is 0 Å². The molecule has 0 saturated heterocycles. The summed E-state index contributed by atoms with van der Waals surface area (Å²) in [5.41, 5.74) is 2.76. The molecule has 1 heterocycles. The maximum atomic E-state index is 13.2. The van der Waals surface area contributed by atoms with E-state index in [1.54, 1.807) is 23.1 Å². The number of rotatable bonds is 6. The van der Waals surface area contributed by atoms with Crippen molar-refractivity contribution in [2.24, 2.45) is 0 Å². The van der Waals surface area contributed by atoms with Crippen molar-refractivity contribution in [2.45, 2.75) is 11.8 Å². The fourth-order valence-electron chi connectivity index (χ4n) is 2.71. The predicted octanol–water partition coefficient (Wildman–Crippen LogP) is 4.54. The molecule has 0 spiro atoms. The first-order valence-electron chi connectivity index (χ1n) is 8.46. The Morgan fingerprint density at radius 2 is 1.92 bits per heavy atom. The highest BCUT2D eigenvalue weighted by Crippen LogP contribution is 2.34. The average molecular weight is 386 g/mol. The van der Waals surface area contributed by atoms with Crippen molar-refractivity contribution in [3.05, 3.63) is 53.6 Å². The largest absolute Gasteiger partial charge is 0.308 e. The van der Waals surface area contributed by atoms with Crippen molar-refractivity contribution in [1.82, 2.24) is 9.88 Å². The topological polar surface area (TPSA) is 36.4 Å². The second kappa shape index (κ2) is 8.20. The summed E-state index contributed by atoms with van der Waals surface area (Å²) in [6, 6.07) is 13.9. The normalized spacial score (nSPS) is 11.3. The molecule has 0 aliphatic heterocycles. The molecule has 0 aliphatic carbocycles. The third-order valence-corrected chi connectivity index (χ3v) is 5.92. The first-order valence-corrected chi connectivity index (χ1v) is 10.5. The predicted molar refractivity (Wildman–Crippen MR) is 113 cm³/mol. The highest BCUT2D eigenvalue weighted by atomic mass is 32.2. The summed E-state index contributed by atoms with van der Waals surface area (Å²) in [6.45, 7) is 3.39. The van der Waals surface area contributed by atoms with E-state index in [9.17, 15) is 4.79 Å². The molecule has 0 N–H and O–H groups in total. The van der Waals surface area contributed by atoms with Crippen LogP contribution >= 0.6 is 23.1 Å². The van der Waals surface area contributed by atoms with E-state index in [2.05, 4.69) is 23.3 Å². The van der Waals surface area contributed by atoms with Crippen molar-refractivity contribution < 1.29 is 4.79 Å². The number of hydrogen-bond acceptors (Lipinski definition) is 5. The molecular formula is C20H23N3OS2. The van der Waals surface area contributed by atoms with Gasteiger partial charge in [-0.2, -0.15) is 0 Å². The van der Waals surface area contributed by atoms with E-state index in [0.29, 0.717) is 12.1 Å². The van der Waals surface area contributed by atoms with Gasteiger partial charge in [-0.05, 0) is 51.5 Å². The molecule has 0 aliphatic rings. The van der Waals surface area contributed by atoms with E-state index in [0.717, 1.165) is 32.4 Å². The maximum Gasteiger partial charge on any atom is 0.260 e. The number of fused-ring (bicyclic) bond motifs is 1. The molecule has 4 nitrogen and oxygen atoms in total. The Hall–Kier alpha value is -1.89. The molecule has 2 aromatic carbocycles. The number of hydrogen-bond donors (Lipinski definition) is 0. The highest BCUT2D eigenvalue weighted by Gasteiger charge is 2.22. The summed E-state index contributed by atoms with van der Waals surface area (Å²) in [5, 5.41) is 0.759. The Bertz CT molecular complexity index is 920. The number of carbonyl (C=O) groups excluding carboxylic acids is 1. The molecule has 3 rings (SSSR count). The van der Waals surface area contributed by atoms with Crippen LogP contribution in [0.1, 0.15) is 15.9 Å². The number of thioether (sulfide) groups is 1. The number of thiazole rings is 1. The molecular weight excluding hydrogens is 362 g/mol. The summed E-state index contributed by atoms with van der Waals surface area (Å²) >= 11 is 3.26. The van der Waals surface area contributed by atoms with Crippen LogP contribution in [0, 0.1) is 6.92 Å². The lowest BCUT2D eigenvalue weighted by atomic mass is 10.1. The van der Waals surface area contributed by atoms with Crippen molar-refractivity contribution >= 4 is 44.4 Å². The van der Waals surface area contributed by atoms with Crippen molar-refractivity contribution in [3.8, 4) is 0 Å². The molecule has 0 atom stereocenters. The minimum absolute atomic E-state index is 0.000285. The zero-order valence-corrected chi connectivity index (χ0v) is 17.2. The molecule has 0 radical (unpaired) electrons. The number of amides is 1. The minimum Gasteiger partial charge on any atom is -0.308 e. The van der Waals surface area contributed by atoms with Crippen LogP contribution in [-0.4, -0.2) is 49.2 Å². The average Bonchev–Trinajstić information content (AvgIpc) is 3.05. The SMILES string of the molecule is CSc1cccc2sc(N(CCN(C)C)C(=O)c3cccc(C)c3)nc12. The third-order valence-electron chi connectivity index (χ3n) is 4.10. The fraction of sp³-hybridized carbons (Fsp3) is 0.300. The minimum atomic E-state index is 0.000285. The molecule has 26 heavy (non-hydrogen) atoms. The van der Waals surface area contributed by atoms with E-state index >= 15 is 0 Å². The van der Waals surface area contributed by atoms with Crippen LogP contribution in [0.2, 0.25) is 0 Å². The van der Waals surface area contributed by atoms with Crippen molar-refractivity contribution in [3.63, 3.8) is 0 Å². The summed E-state index contributed by atoms with van der Waals surface area (Å²) in [7, 11) is 4.03. The maximum absolute atomic E-state index is 13.2. The lowest BCUT2D eigenvalue weighted by Crippen LogP contribution is -2.36. The fourth-order valence-corrected chi connectivity index (χ4v) is 4.35. The van der Waals surface area contributed by atoms with E-state index in [1.807, 2.05) is 56.3 Å². The zero-order valence-electron chi connectivity index (χ0n) is 15.5. The van der Waals surface area contributed by atoms with Gasteiger partial charge < -0.3 is 4.90 Å². The van der Waals surface area contributed by atoms with Gasteiger partial charge in [0.05, 0.1) is 10.2 Å². The number of likely N-dealkylation sites (N-methyl/N-ethyl adjacent to an activating group) is 1. The second-order valence-electron chi connectivity index (χ2n) is 6.43. The quantitative estimate of drug-likeness (QED) is 0.584. The Balaban J connectivity index is 2.02. The zero-order chi connectivity index (χ0) is 18.7. The molecule has 0 unspecified atom stereocenters. The van der Waals surface area contributed by atoms with Gasteiger partial charge >= 0.3 is 0 Å². The first kappa shape index (κ1) is 18.9. The van der Waals surface area contributed by atoms with Gasteiger partial charge in [-0.15, -0.1) is 11.8 Å². The van der Waals surface area contributed by atoms with Gasteiger partial charge in [-0.25, -0.2) is 4.98 Å². The molecule has 1 amide bonds. The number of aryl methyl sites for hydroxylation is 1. The Morgan fingerprint density at radius 1 is 1.15 bits per heavy atom. The number of anilines is 1. The monoisotopic (exact) mass is 385 g/mol. The van der Waals surface area contributed by atoms with Gasteiger partial charge in [0, 0.05) is 23.5 Å². The summed E-state index contributed by atoms with van der Waals surface area (Å²) < 4.78 is 1.11.